The molecule has 1 aliphatic heterocycles. The first-order valence-corrected chi connectivity index (χ1v) is 7.04. The van der Waals surface area contributed by atoms with E-state index in [1.165, 1.54) is 12.1 Å². The van der Waals surface area contributed by atoms with Crippen molar-refractivity contribution in [2.45, 2.75) is 31.8 Å². The first-order valence-electron chi connectivity index (χ1n) is 7.04. The molecule has 0 aromatic heterocycles. The van der Waals surface area contributed by atoms with Crippen LogP contribution in [0.25, 0.3) is 0 Å². The van der Waals surface area contributed by atoms with Crippen LogP contribution in [0.4, 0.5) is 4.39 Å². The lowest BCUT2D eigenvalue weighted by atomic mass is 10.0. The van der Waals surface area contributed by atoms with Crippen LogP contribution in [-0.4, -0.2) is 41.0 Å². The largest absolute Gasteiger partial charge is 0.480 e. The molecule has 1 aromatic carbocycles. The quantitative estimate of drug-likeness (QED) is 0.861. The lowest BCUT2D eigenvalue weighted by Gasteiger charge is -2.34. The normalized spacial score (nSPS) is 19.2. The van der Waals surface area contributed by atoms with Gasteiger partial charge in [0.15, 0.2) is 0 Å². The second kappa shape index (κ2) is 7.17. The Balaban J connectivity index is 1.99. The van der Waals surface area contributed by atoms with Gasteiger partial charge in [0, 0.05) is 6.54 Å². The standard InChI is InChI=1S/C15H19FN2O3/c16-12-6-4-11(5-7-12)10-18-8-2-1-3-13(18)15(21)17-9-14(19)20/h4-7,13H,1-3,8-10H2,(H,17,21)(H,19,20). The van der Waals surface area contributed by atoms with Crippen molar-refractivity contribution < 1.29 is 19.1 Å². The van der Waals surface area contributed by atoms with Gasteiger partial charge in [-0.25, -0.2) is 4.39 Å². The predicted octanol–water partition coefficient (Wildman–Crippen LogP) is 1.38. The average molecular weight is 294 g/mol. The maximum Gasteiger partial charge on any atom is 0.322 e. The highest BCUT2D eigenvalue weighted by Gasteiger charge is 2.28. The molecule has 5 nitrogen and oxygen atoms in total. The van der Waals surface area contributed by atoms with Gasteiger partial charge in [0.05, 0.1) is 6.04 Å². The van der Waals surface area contributed by atoms with Crippen LogP contribution in [0.5, 0.6) is 0 Å². The molecule has 6 heteroatoms. The number of carboxylic acids is 1. The fourth-order valence-corrected chi connectivity index (χ4v) is 2.58. The van der Waals surface area contributed by atoms with E-state index in [2.05, 4.69) is 5.32 Å². The van der Waals surface area contributed by atoms with E-state index in [4.69, 9.17) is 5.11 Å². The molecule has 1 aliphatic rings. The maximum absolute atomic E-state index is 12.9. The van der Waals surface area contributed by atoms with Crippen LogP contribution >= 0.6 is 0 Å². The summed E-state index contributed by atoms with van der Waals surface area (Å²) in [7, 11) is 0. The minimum absolute atomic E-state index is 0.251. The van der Waals surface area contributed by atoms with Crippen LogP contribution in [0.2, 0.25) is 0 Å². The fourth-order valence-electron chi connectivity index (χ4n) is 2.58. The summed E-state index contributed by atoms with van der Waals surface area (Å²) < 4.78 is 12.9. The van der Waals surface area contributed by atoms with E-state index in [-0.39, 0.29) is 24.3 Å². The number of nitrogens with zero attached hydrogens (tertiary/aromatic N) is 1. The number of likely N-dealkylation sites (tertiary alicyclic amines) is 1. The van der Waals surface area contributed by atoms with Gasteiger partial charge in [0.2, 0.25) is 5.91 Å². The Labute approximate surface area is 122 Å². The average Bonchev–Trinajstić information content (AvgIpc) is 2.48. The number of nitrogens with one attached hydrogen (secondary N) is 1. The molecule has 0 radical (unpaired) electrons. The van der Waals surface area contributed by atoms with Crippen molar-refractivity contribution in [1.29, 1.82) is 0 Å². The van der Waals surface area contributed by atoms with Crippen molar-refractivity contribution in [2.75, 3.05) is 13.1 Å². The number of amides is 1. The summed E-state index contributed by atoms with van der Waals surface area (Å²) >= 11 is 0. The van der Waals surface area contributed by atoms with E-state index in [1.54, 1.807) is 12.1 Å². The lowest BCUT2D eigenvalue weighted by molar-refractivity contribution is -0.139. The van der Waals surface area contributed by atoms with Crippen LogP contribution < -0.4 is 5.32 Å². The number of piperidine rings is 1. The minimum atomic E-state index is -1.05. The minimum Gasteiger partial charge on any atom is -0.480 e. The van der Waals surface area contributed by atoms with Gasteiger partial charge in [-0.2, -0.15) is 0 Å². The summed E-state index contributed by atoms with van der Waals surface area (Å²) in [4.78, 5) is 24.6. The second-order valence-corrected chi connectivity index (χ2v) is 5.22. The molecule has 114 valence electrons. The van der Waals surface area contributed by atoms with Crippen LogP contribution in [-0.2, 0) is 16.1 Å². The second-order valence-electron chi connectivity index (χ2n) is 5.22. The number of carboxylic acid groups (broad SMARTS) is 1. The van der Waals surface area contributed by atoms with Crippen molar-refractivity contribution in [3.63, 3.8) is 0 Å². The molecule has 0 bridgehead atoms. The van der Waals surface area contributed by atoms with Gasteiger partial charge in [0.25, 0.3) is 0 Å². The number of hydrogen-bond acceptors (Lipinski definition) is 3. The molecule has 1 fully saturated rings. The Kier molecular flexibility index (Phi) is 5.27. The number of carbonyl (C=O) groups is 2. The summed E-state index contributed by atoms with van der Waals surface area (Å²) in [5.74, 6) is -1.59. The summed E-state index contributed by atoms with van der Waals surface area (Å²) in [6, 6.07) is 5.90. The highest BCUT2D eigenvalue weighted by molar-refractivity contribution is 5.85. The van der Waals surface area contributed by atoms with Crippen LogP contribution in [0.15, 0.2) is 24.3 Å². The van der Waals surface area contributed by atoms with E-state index in [9.17, 15) is 14.0 Å². The Morgan fingerprint density at radius 1 is 1.29 bits per heavy atom. The van der Waals surface area contributed by atoms with E-state index < -0.39 is 5.97 Å². The predicted molar refractivity (Wildman–Crippen MR) is 75.1 cm³/mol. The van der Waals surface area contributed by atoms with Gasteiger partial charge in [0.1, 0.15) is 12.4 Å². The van der Waals surface area contributed by atoms with Gasteiger partial charge in [-0.1, -0.05) is 18.6 Å². The SMILES string of the molecule is O=C(O)CNC(=O)C1CCCCN1Cc1ccc(F)cc1. The maximum atomic E-state index is 12.9. The first kappa shape index (κ1) is 15.4. The number of benzene rings is 1. The number of rotatable bonds is 5. The van der Waals surface area contributed by atoms with Gasteiger partial charge in [-0.05, 0) is 37.1 Å². The molecule has 1 aromatic rings. The van der Waals surface area contributed by atoms with Gasteiger partial charge < -0.3 is 10.4 Å². The van der Waals surface area contributed by atoms with Crippen LogP contribution in [0.1, 0.15) is 24.8 Å². The van der Waals surface area contributed by atoms with Crippen LogP contribution in [0.3, 0.4) is 0 Å². The third kappa shape index (κ3) is 4.53. The highest BCUT2D eigenvalue weighted by Crippen LogP contribution is 2.20. The molecule has 0 aliphatic carbocycles. The molecular formula is C15H19FN2O3. The van der Waals surface area contributed by atoms with Crippen LogP contribution in [0, 0.1) is 5.82 Å². The zero-order valence-electron chi connectivity index (χ0n) is 11.7. The van der Waals surface area contributed by atoms with E-state index in [1.807, 2.05) is 4.90 Å². The Morgan fingerprint density at radius 3 is 2.67 bits per heavy atom. The topological polar surface area (TPSA) is 69.6 Å². The number of hydrogen-bond donors (Lipinski definition) is 2. The molecule has 2 rings (SSSR count). The van der Waals surface area contributed by atoms with E-state index >= 15 is 0 Å². The number of carbonyl (C=O) groups excluding carboxylic acids is 1. The molecule has 21 heavy (non-hydrogen) atoms. The Bertz CT molecular complexity index is 504. The Hall–Kier alpha value is -1.95. The zero-order chi connectivity index (χ0) is 15.2. The number of aliphatic carboxylic acids is 1. The third-order valence-corrected chi connectivity index (χ3v) is 3.63. The fraction of sp³-hybridized carbons (Fsp3) is 0.467. The monoisotopic (exact) mass is 294 g/mol. The van der Waals surface area contributed by atoms with Crippen molar-refractivity contribution in [3.8, 4) is 0 Å². The third-order valence-electron chi connectivity index (χ3n) is 3.63. The molecule has 0 saturated carbocycles. The molecule has 2 N–H and O–H groups in total. The molecule has 0 spiro atoms. The van der Waals surface area contributed by atoms with Gasteiger partial charge >= 0.3 is 5.97 Å². The summed E-state index contributed by atoms with van der Waals surface area (Å²) in [5, 5.41) is 11.1. The van der Waals surface area contributed by atoms with Gasteiger partial charge in [-0.3, -0.25) is 14.5 Å². The van der Waals surface area contributed by atoms with Crippen molar-refractivity contribution in [3.05, 3.63) is 35.6 Å². The summed E-state index contributed by atoms with van der Waals surface area (Å²) in [6.07, 6.45) is 2.67. The Morgan fingerprint density at radius 2 is 2.00 bits per heavy atom. The zero-order valence-corrected chi connectivity index (χ0v) is 11.7. The van der Waals surface area contributed by atoms with Crippen molar-refractivity contribution in [1.82, 2.24) is 10.2 Å². The summed E-state index contributed by atoms with van der Waals surface area (Å²) in [5.41, 5.74) is 0.939. The first-order chi connectivity index (χ1) is 10.1. The van der Waals surface area contributed by atoms with E-state index in [0.717, 1.165) is 24.9 Å². The molecule has 1 saturated heterocycles. The molecule has 1 unspecified atom stereocenters. The number of halogens is 1. The molecular weight excluding hydrogens is 275 g/mol. The molecule has 1 heterocycles. The smallest absolute Gasteiger partial charge is 0.322 e. The highest BCUT2D eigenvalue weighted by atomic mass is 19.1. The van der Waals surface area contributed by atoms with Crippen molar-refractivity contribution >= 4 is 11.9 Å². The molecule has 1 amide bonds. The molecule has 1 atom stereocenters. The van der Waals surface area contributed by atoms with E-state index in [0.29, 0.717) is 13.0 Å². The summed E-state index contributed by atoms with van der Waals surface area (Å²) in [6.45, 7) is 0.980. The van der Waals surface area contributed by atoms with Crippen molar-refractivity contribution in [2.24, 2.45) is 0 Å². The van der Waals surface area contributed by atoms with Gasteiger partial charge in [-0.15, -0.1) is 0 Å². The lowest BCUT2D eigenvalue weighted by Crippen LogP contribution is -2.49.